The molecule has 0 saturated carbocycles. The Kier molecular flexibility index (Phi) is 8.16. The molecule has 0 atom stereocenters. The highest BCUT2D eigenvalue weighted by Gasteiger charge is 2.12. The Morgan fingerprint density at radius 2 is 1.81 bits per heavy atom. The van der Waals surface area contributed by atoms with Crippen LogP contribution in [0, 0.1) is 6.92 Å². The van der Waals surface area contributed by atoms with Crippen LogP contribution in [0.3, 0.4) is 0 Å². The van der Waals surface area contributed by atoms with Gasteiger partial charge in [-0.05, 0) is 67.9 Å². The first-order valence-corrected chi connectivity index (χ1v) is 10.9. The van der Waals surface area contributed by atoms with Crippen LogP contribution in [-0.4, -0.2) is 24.7 Å². The molecule has 3 aromatic rings. The third kappa shape index (κ3) is 6.52. The molecule has 0 fully saturated rings. The maximum absolute atomic E-state index is 12.5. The molecule has 3 aromatic carbocycles. The summed E-state index contributed by atoms with van der Waals surface area (Å²) < 4.78 is 11.8. The van der Waals surface area contributed by atoms with Crippen molar-refractivity contribution in [3.05, 3.63) is 93.5 Å². The Labute approximate surface area is 195 Å². The maximum atomic E-state index is 12.5. The number of nitrogens with one attached hydrogen (secondary N) is 1. The summed E-state index contributed by atoms with van der Waals surface area (Å²) in [6, 6.07) is 19.2. The molecule has 164 valence electrons. The van der Waals surface area contributed by atoms with Gasteiger partial charge in [-0.25, -0.2) is 10.2 Å². The lowest BCUT2D eigenvalue weighted by Gasteiger charge is -2.08. The van der Waals surface area contributed by atoms with E-state index in [-0.39, 0.29) is 5.91 Å². The molecule has 0 unspecified atom stereocenters. The Balaban J connectivity index is 1.68. The lowest BCUT2D eigenvalue weighted by Crippen LogP contribution is -2.17. The van der Waals surface area contributed by atoms with E-state index in [0.717, 1.165) is 16.5 Å². The van der Waals surface area contributed by atoms with Gasteiger partial charge in [-0.1, -0.05) is 40.5 Å². The molecule has 0 radical (unpaired) electrons. The van der Waals surface area contributed by atoms with E-state index in [4.69, 9.17) is 9.47 Å². The van der Waals surface area contributed by atoms with Crippen molar-refractivity contribution < 1.29 is 19.1 Å². The van der Waals surface area contributed by atoms with Crippen LogP contribution in [-0.2, 0) is 0 Å². The van der Waals surface area contributed by atoms with Gasteiger partial charge in [-0.15, -0.1) is 0 Å². The Morgan fingerprint density at radius 3 is 2.53 bits per heavy atom. The largest absolute Gasteiger partial charge is 0.494 e. The summed E-state index contributed by atoms with van der Waals surface area (Å²) in [5.74, 6) is 0.202. The second-order valence-electron chi connectivity index (χ2n) is 7.01. The molecule has 1 N–H and O–H groups in total. The number of carbonyl (C=O) groups is 2. The summed E-state index contributed by atoms with van der Waals surface area (Å²) in [5, 5.41) is 4.02. The zero-order valence-electron chi connectivity index (χ0n) is 17.8. The fourth-order valence-electron chi connectivity index (χ4n) is 2.79. The van der Waals surface area contributed by atoms with Gasteiger partial charge in [-0.2, -0.15) is 5.10 Å². The van der Waals surface area contributed by atoms with Gasteiger partial charge in [0.1, 0.15) is 11.5 Å². The average Bonchev–Trinajstić information content (AvgIpc) is 2.79. The summed E-state index contributed by atoms with van der Waals surface area (Å²) in [4.78, 5) is 24.9. The summed E-state index contributed by atoms with van der Waals surface area (Å²) in [7, 11) is 0. The molecule has 0 aliphatic carbocycles. The van der Waals surface area contributed by atoms with Gasteiger partial charge in [0.05, 0.1) is 18.4 Å². The number of amides is 1. The predicted octanol–water partition coefficient (Wildman–Crippen LogP) is 5.53. The molecule has 0 heterocycles. The van der Waals surface area contributed by atoms with E-state index in [9.17, 15) is 9.59 Å². The molecule has 1 amide bonds. The second-order valence-corrected chi connectivity index (χ2v) is 7.93. The van der Waals surface area contributed by atoms with Crippen LogP contribution < -0.4 is 14.9 Å². The number of esters is 1. The summed E-state index contributed by atoms with van der Waals surface area (Å²) in [6.07, 6.45) is 2.34. The fourth-order valence-corrected chi connectivity index (χ4v) is 3.17. The number of rotatable bonds is 8. The van der Waals surface area contributed by atoms with E-state index >= 15 is 0 Å². The first-order chi connectivity index (χ1) is 15.5. The van der Waals surface area contributed by atoms with Crippen LogP contribution in [0.5, 0.6) is 11.5 Å². The average molecular weight is 495 g/mol. The molecule has 3 rings (SSSR count). The van der Waals surface area contributed by atoms with Crippen molar-refractivity contribution in [3.8, 4) is 11.5 Å². The van der Waals surface area contributed by atoms with Gasteiger partial charge in [0.2, 0.25) is 0 Å². The van der Waals surface area contributed by atoms with Crippen LogP contribution in [0.25, 0.3) is 0 Å². The highest BCUT2D eigenvalue weighted by atomic mass is 79.9. The highest BCUT2D eigenvalue weighted by molar-refractivity contribution is 9.10. The van der Waals surface area contributed by atoms with Crippen LogP contribution in [0.4, 0.5) is 0 Å². The summed E-state index contributed by atoms with van der Waals surface area (Å²) >= 11 is 3.40. The van der Waals surface area contributed by atoms with Gasteiger partial charge in [0.25, 0.3) is 5.91 Å². The zero-order valence-corrected chi connectivity index (χ0v) is 19.4. The minimum absolute atomic E-state index is 0.329. The predicted molar refractivity (Wildman–Crippen MR) is 128 cm³/mol. The third-order valence-corrected chi connectivity index (χ3v) is 4.88. The standard InChI is InChI=1S/C25H23BrN2O4/c1-3-13-31-22-10-7-18(8-11-22)24(29)28-27-16-20-15-21(26)9-12-23(20)32-25(30)19-6-4-5-17(2)14-19/h4-12,14-16H,3,13H2,1-2H3,(H,28,29). The van der Waals surface area contributed by atoms with Crippen LogP contribution in [0.15, 0.2) is 76.3 Å². The lowest BCUT2D eigenvalue weighted by molar-refractivity contribution is 0.0734. The summed E-state index contributed by atoms with van der Waals surface area (Å²) in [6.45, 7) is 4.56. The first kappa shape index (κ1) is 23.2. The molecule has 0 aliphatic heterocycles. The number of benzene rings is 3. The highest BCUT2D eigenvalue weighted by Crippen LogP contribution is 2.23. The number of carbonyl (C=O) groups excluding carboxylic acids is 2. The molecule has 0 bridgehead atoms. The molecule has 6 nitrogen and oxygen atoms in total. The second kappa shape index (κ2) is 11.2. The van der Waals surface area contributed by atoms with Crippen LogP contribution in [0.1, 0.15) is 45.2 Å². The van der Waals surface area contributed by atoms with E-state index in [1.165, 1.54) is 6.21 Å². The minimum atomic E-state index is -0.472. The monoisotopic (exact) mass is 494 g/mol. The van der Waals surface area contributed by atoms with Crippen molar-refractivity contribution in [2.24, 2.45) is 5.10 Å². The zero-order chi connectivity index (χ0) is 22.9. The number of halogens is 1. The molecular formula is C25H23BrN2O4. The molecular weight excluding hydrogens is 472 g/mol. The van der Waals surface area contributed by atoms with Gasteiger partial charge in [0.15, 0.2) is 0 Å². The normalized spacial score (nSPS) is 10.7. The van der Waals surface area contributed by atoms with Gasteiger partial charge >= 0.3 is 5.97 Å². The van der Waals surface area contributed by atoms with Gasteiger partial charge in [-0.3, -0.25) is 4.79 Å². The number of ether oxygens (including phenoxy) is 2. The molecule has 0 aromatic heterocycles. The molecule has 0 spiro atoms. The van der Waals surface area contributed by atoms with Crippen molar-refractivity contribution in [2.45, 2.75) is 20.3 Å². The summed E-state index contributed by atoms with van der Waals surface area (Å²) in [5.41, 5.74) is 4.88. The number of aryl methyl sites for hydroxylation is 1. The molecule has 32 heavy (non-hydrogen) atoms. The minimum Gasteiger partial charge on any atom is -0.494 e. The van der Waals surface area contributed by atoms with Crippen LogP contribution >= 0.6 is 15.9 Å². The van der Waals surface area contributed by atoms with E-state index in [0.29, 0.717) is 34.8 Å². The van der Waals surface area contributed by atoms with Crippen molar-refractivity contribution in [1.29, 1.82) is 0 Å². The number of hydrogen-bond donors (Lipinski definition) is 1. The van der Waals surface area contributed by atoms with Crippen LogP contribution in [0.2, 0.25) is 0 Å². The quantitative estimate of drug-likeness (QED) is 0.193. The first-order valence-electron chi connectivity index (χ1n) is 10.1. The van der Waals surface area contributed by atoms with Crippen molar-refractivity contribution in [3.63, 3.8) is 0 Å². The fraction of sp³-hybridized carbons (Fsp3) is 0.160. The smallest absolute Gasteiger partial charge is 0.343 e. The number of hydrogen-bond acceptors (Lipinski definition) is 5. The molecule has 0 aliphatic rings. The Morgan fingerprint density at radius 1 is 1.03 bits per heavy atom. The number of nitrogens with zero attached hydrogens (tertiary/aromatic N) is 1. The number of hydrazone groups is 1. The van der Waals surface area contributed by atoms with Crippen molar-refractivity contribution >= 4 is 34.0 Å². The van der Waals surface area contributed by atoms with E-state index in [2.05, 4.69) is 26.5 Å². The maximum Gasteiger partial charge on any atom is 0.343 e. The Hall–Kier alpha value is -3.45. The molecule has 7 heteroatoms. The Bertz CT molecular complexity index is 1130. The van der Waals surface area contributed by atoms with Crippen molar-refractivity contribution in [2.75, 3.05) is 6.61 Å². The van der Waals surface area contributed by atoms with Gasteiger partial charge in [0, 0.05) is 15.6 Å². The molecule has 0 saturated heterocycles. The van der Waals surface area contributed by atoms with Crippen molar-refractivity contribution in [1.82, 2.24) is 5.43 Å². The van der Waals surface area contributed by atoms with Gasteiger partial charge < -0.3 is 9.47 Å². The lowest BCUT2D eigenvalue weighted by atomic mass is 10.1. The van der Waals surface area contributed by atoms with E-state index in [1.54, 1.807) is 60.7 Å². The van der Waals surface area contributed by atoms with E-state index in [1.807, 2.05) is 19.9 Å². The third-order valence-electron chi connectivity index (χ3n) is 4.39. The van der Waals surface area contributed by atoms with E-state index < -0.39 is 5.97 Å². The topological polar surface area (TPSA) is 77.0 Å². The SMILES string of the molecule is CCCOc1ccc(C(=O)NN=Cc2cc(Br)ccc2OC(=O)c2cccc(C)c2)cc1.